The molecule has 0 bridgehead atoms. The van der Waals surface area contributed by atoms with E-state index in [1.807, 2.05) is 26.2 Å². The number of aryl methyl sites for hydroxylation is 2. The van der Waals surface area contributed by atoms with Crippen LogP contribution in [0.3, 0.4) is 0 Å². The van der Waals surface area contributed by atoms with Gasteiger partial charge in [-0.3, -0.25) is 4.68 Å². The van der Waals surface area contributed by atoms with E-state index in [0.717, 1.165) is 34.1 Å². The van der Waals surface area contributed by atoms with Crippen LogP contribution in [0.1, 0.15) is 48.9 Å². The monoisotopic (exact) mass is 312 g/mol. The summed E-state index contributed by atoms with van der Waals surface area (Å²) in [6, 6.07) is 1.92. The first-order valence-corrected chi connectivity index (χ1v) is 8.06. The van der Waals surface area contributed by atoms with E-state index in [4.69, 9.17) is 14.5 Å². The molecule has 23 heavy (non-hydrogen) atoms. The minimum absolute atomic E-state index is 0.462. The number of nitrogens with one attached hydrogen (secondary N) is 1. The van der Waals surface area contributed by atoms with E-state index in [1.165, 1.54) is 25.7 Å². The predicted molar refractivity (Wildman–Crippen MR) is 86.1 cm³/mol. The second-order valence-electron chi connectivity index (χ2n) is 6.20. The van der Waals surface area contributed by atoms with Gasteiger partial charge >= 0.3 is 0 Å². The fourth-order valence-corrected chi connectivity index (χ4v) is 3.22. The number of nitrogens with zero attached hydrogens (tertiary/aromatic N) is 5. The van der Waals surface area contributed by atoms with E-state index >= 15 is 0 Å². The van der Waals surface area contributed by atoms with Crippen molar-refractivity contribution >= 4 is 16.9 Å². The maximum absolute atomic E-state index is 5.11. The van der Waals surface area contributed by atoms with Gasteiger partial charge < -0.3 is 9.84 Å². The second kappa shape index (κ2) is 5.64. The van der Waals surface area contributed by atoms with E-state index in [0.29, 0.717) is 12.5 Å². The lowest BCUT2D eigenvalue weighted by Crippen LogP contribution is -2.08. The van der Waals surface area contributed by atoms with Gasteiger partial charge in [-0.2, -0.15) is 5.10 Å². The predicted octanol–water partition coefficient (Wildman–Crippen LogP) is 2.93. The van der Waals surface area contributed by atoms with Crippen molar-refractivity contribution in [3.05, 3.63) is 29.5 Å². The Hall–Kier alpha value is -2.44. The van der Waals surface area contributed by atoms with Crippen molar-refractivity contribution in [1.82, 2.24) is 24.9 Å². The summed E-state index contributed by atoms with van der Waals surface area (Å²) in [5, 5.41) is 12.6. The molecule has 1 aliphatic carbocycles. The molecular formula is C16H20N6O. The van der Waals surface area contributed by atoms with Crippen molar-refractivity contribution < 1.29 is 4.52 Å². The van der Waals surface area contributed by atoms with Gasteiger partial charge in [-0.1, -0.05) is 18.0 Å². The van der Waals surface area contributed by atoms with Gasteiger partial charge in [0, 0.05) is 19.0 Å². The lowest BCUT2D eigenvalue weighted by Gasteiger charge is -2.11. The Bertz CT molecular complexity index is 830. The third-order valence-electron chi connectivity index (χ3n) is 4.44. The number of rotatable bonds is 4. The highest BCUT2D eigenvalue weighted by Gasteiger charge is 2.22. The fraction of sp³-hybridized carbons (Fsp3) is 0.500. The van der Waals surface area contributed by atoms with Crippen molar-refractivity contribution in [2.45, 2.75) is 45.1 Å². The Morgan fingerprint density at radius 2 is 2.13 bits per heavy atom. The van der Waals surface area contributed by atoms with Crippen LogP contribution in [0.25, 0.3) is 11.0 Å². The first kappa shape index (κ1) is 14.2. The quantitative estimate of drug-likeness (QED) is 0.797. The number of anilines is 1. The van der Waals surface area contributed by atoms with Gasteiger partial charge in [-0.15, -0.1) is 0 Å². The minimum atomic E-state index is 0.462. The van der Waals surface area contributed by atoms with Crippen molar-refractivity contribution in [1.29, 1.82) is 0 Å². The third kappa shape index (κ3) is 2.67. The van der Waals surface area contributed by atoms with Crippen LogP contribution in [0, 0.1) is 6.92 Å². The molecule has 0 amide bonds. The molecule has 0 aliphatic heterocycles. The summed E-state index contributed by atoms with van der Waals surface area (Å²) in [5.41, 5.74) is 1.74. The number of hydrogen-bond acceptors (Lipinski definition) is 6. The molecule has 0 unspecified atom stereocenters. The number of hydrogen-bond donors (Lipinski definition) is 1. The Labute approximate surface area is 134 Å². The molecule has 0 saturated heterocycles. The van der Waals surface area contributed by atoms with Gasteiger partial charge in [-0.05, 0) is 19.8 Å². The van der Waals surface area contributed by atoms with Crippen molar-refractivity contribution in [2.24, 2.45) is 7.05 Å². The zero-order valence-electron chi connectivity index (χ0n) is 13.4. The standard InChI is InChI=1S/C16H20N6O/c1-10-7-12(21-23-10)8-17-15-13-9-18-22(2)16(13)20-14(19-15)11-5-3-4-6-11/h7,9,11H,3-6,8H2,1-2H3,(H,17,19,20). The van der Waals surface area contributed by atoms with Crippen molar-refractivity contribution in [3.63, 3.8) is 0 Å². The molecule has 1 saturated carbocycles. The van der Waals surface area contributed by atoms with Gasteiger partial charge in [0.1, 0.15) is 23.1 Å². The van der Waals surface area contributed by atoms with Crippen LogP contribution >= 0.6 is 0 Å². The maximum atomic E-state index is 5.11. The summed E-state index contributed by atoms with van der Waals surface area (Å²) < 4.78 is 6.92. The minimum Gasteiger partial charge on any atom is -0.364 e. The fourth-order valence-electron chi connectivity index (χ4n) is 3.22. The van der Waals surface area contributed by atoms with Crippen LogP contribution in [-0.2, 0) is 13.6 Å². The van der Waals surface area contributed by atoms with Crippen LogP contribution in [0.2, 0.25) is 0 Å². The number of aromatic nitrogens is 5. The molecule has 0 atom stereocenters. The topological polar surface area (TPSA) is 81.7 Å². The van der Waals surface area contributed by atoms with Crippen molar-refractivity contribution in [2.75, 3.05) is 5.32 Å². The van der Waals surface area contributed by atoms with E-state index < -0.39 is 0 Å². The molecule has 3 aromatic rings. The maximum Gasteiger partial charge on any atom is 0.163 e. The van der Waals surface area contributed by atoms with Gasteiger partial charge in [0.2, 0.25) is 0 Å². The van der Waals surface area contributed by atoms with Crippen molar-refractivity contribution in [3.8, 4) is 0 Å². The summed E-state index contributed by atoms with van der Waals surface area (Å²) in [6.07, 6.45) is 6.68. The molecule has 1 fully saturated rings. The molecule has 1 aliphatic rings. The molecule has 0 aromatic carbocycles. The highest BCUT2D eigenvalue weighted by atomic mass is 16.5. The number of fused-ring (bicyclic) bond motifs is 1. The highest BCUT2D eigenvalue weighted by molar-refractivity contribution is 5.86. The zero-order valence-corrected chi connectivity index (χ0v) is 13.4. The molecule has 1 N–H and O–H groups in total. The van der Waals surface area contributed by atoms with Gasteiger partial charge in [0.25, 0.3) is 0 Å². The molecule has 7 nitrogen and oxygen atoms in total. The molecule has 7 heteroatoms. The average Bonchev–Trinajstić information content (AvgIpc) is 3.27. The lowest BCUT2D eigenvalue weighted by atomic mass is 10.1. The smallest absolute Gasteiger partial charge is 0.163 e. The Kier molecular flexibility index (Phi) is 3.48. The van der Waals surface area contributed by atoms with E-state index in [1.54, 1.807) is 4.68 Å². The summed E-state index contributed by atoms with van der Waals surface area (Å²) in [7, 11) is 1.92. The lowest BCUT2D eigenvalue weighted by molar-refractivity contribution is 0.391. The van der Waals surface area contributed by atoms with Crippen LogP contribution in [0.4, 0.5) is 5.82 Å². The SMILES string of the molecule is Cc1cc(CNc2nc(C3CCCC3)nc3c2cnn3C)no1. The molecule has 3 aromatic heterocycles. The first-order chi connectivity index (χ1) is 11.2. The van der Waals surface area contributed by atoms with E-state index in [2.05, 4.69) is 15.6 Å². The average molecular weight is 312 g/mol. The molecule has 120 valence electrons. The first-order valence-electron chi connectivity index (χ1n) is 8.06. The molecule has 0 radical (unpaired) electrons. The largest absolute Gasteiger partial charge is 0.364 e. The summed E-state index contributed by atoms with van der Waals surface area (Å²) in [5.74, 6) is 3.02. The summed E-state index contributed by atoms with van der Waals surface area (Å²) >= 11 is 0. The van der Waals surface area contributed by atoms with Crippen LogP contribution < -0.4 is 5.32 Å². The molecular weight excluding hydrogens is 292 g/mol. The van der Waals surface area contributed by atoms with Crippen LogP contribution in [0.15, 0.2) is 16.8 Å². The Morgan fingerprint density at radius 3 is 2.87 bits per heavy atom. The van der Waals surface area contributed by atoms with Crippen LogP contribution in [0.5, 0.6) is 0 Å². The summed E-state index contributed by atoms with van der Waals surface area (Å²) in [6.45, 7) is 2.46. The second-order valence-corrected chi connectivity index (χ2v) is 6.20. The van der Waals surface area contributed by atoms with Gasteiger partial charge in [0.15, 0.2) is 5.65 Å². The Morgan fingerprint density at radius 1 is 1.30 bits per heavy atom. The Balaban J connectivity index is 1.68. The molecule has 3 heterocycles. The van der Waals surface area contributed by atoms with Gasteiger partial charge in [-0.25, -0.2) is 9.97 Å². The normalized spacial score (nSPS) is 15.6. The van der Waals surface area contributed by atoms with E-state index in [9.17, 15) is 0 Å². The highest BCUT2D eigenvalue weighted by Crippen LogP contribution is 2.34. The zero-order chi connectivity index (χ0) is 15.8. The van der Waals surface area contributed by atoms with Gasteiger partial charge in [0.05, 0.1) is 18.1 Å². The molecule has 0 spiro atoms. The third-order valence-corrected chi connectivity index (χ3v) is 4.44. The van der Waals surface area contributed by atoms with E-state index in [-0.39, 0.29) is 0 Å². The van der Waals surface area contributed by atoms with Crippen LogP contribution in [-0.4, -0.2) is 24.9 Å². The molecule has 4 rings (SSSR count). The summed E-state index contributed by atoms with van der Waals surface area (Å²) in [4.78, 5) is 9.54.